The third-order valence-electron chi connectivity index (χ3n) is 10.6. The Morgan fingerprint density at radius 3 is 1.74 bits per heavy atom. The lowest BCUT2D eigenvalue weighted by Crippen LogP contribution is -2.37. The van der Waals surface area contributed by atoms with Gasteiger partial charge in [-0.15, -0.1) is 12.8 Å². The van der Waals surface area contributed by atoms with Crippen molar-refractivity contribution in [1.82, 2.24) is 20.2 Å². The molecular weight excluding hydrogens is 1240 g/mol. The minimum Gasteiger partial charge on any atom is -0.481 e. The highest BCUT2D eigenvalue weighted by Gasteiger charge is 2.50. The van der Waals surface area contributed by atoms with E-state index < -0.39 is 102 Å². The second-order valence-corrected chi connectivity index (χ2v) is 26.6. The van der Waals surface area contributed by atoms with E-state index in [1.165, 1.54) is 19.1 Å². The lowest BCUT2D eigenvalue weighted by atomic mass is 9.99. The van der Waals surface area contributed by atoms with Crippen LogP contribution in [0.5, 0.6) is 11.5 Å². The fourth-order valence-electron chi connectivity index (χ4n) is 7.00. The van der Waals surface area contributed by atoms with Crippen LogP contribution in [-0.2, 0) is 78.7 Å². The van der Waals surface area contributed by atoms with Crippen molar-refractivity contribution in [2.24, 2.45) is 0 Å². The Kier molecular flexibility index (Phi) is 28.4. The second-order valence-electron chi connectivity index (χ2n) is 17.2. The van der Waals surface area contributed by atoms with E-state index in [2.05, 4.69) is 47.8 Å². The molecule has 1 fully saturated rings. The standard InChI is InChI=1S/C41H59F3N4O28P6/c1-4-20-67-33-23-29(24-34(68-21-5-2)30(33)15-14-19-46-39(53)41(42,43)44)31(49)16-10-6-7-11-17-36(51)45-18-12-8-9-13-22-69-77(55,56)72-79(59,60)74-81(63,64)76-82(65,66)75-80(61,62)73-78(57,58)70-27-35-32(50)25-37(71-35)48-26-28(3)38(52)47-40(48)54/h1-2,23-24,26,32,35,37,50H,6-22,25,27H2,3H3,(H,45,51)(H,46,53)(H,55,56)(H,57,58)(H,59,60)(H,61,62)(H,63,64)(H,65,66)(H,47,52,54)/t32?,35-,37-/m1/s1. The number of terminal acetylenes is 2. The zero-order chi connectivity index (χ0) is 61.7. The molecule has 0 aliphatic carbocycles. The number of ether oxygens (including phenoxy) is 3. The molecule has 3 rings (SSSR count). The third kappa shape index (κ3) is 26.8. The van der Waals surface area contributed by atoms with Crippen LogP contribution in [0.1, 0.15) is 105 Å². The molecule has 0 radical (unpaired) electrons. The van der Waals surface area contributed by atoms with E-state index in [1.807, 2.05) is 4.98 Å². The Morgan fingerprint density at radius 1 is 0.720 bits per heavy atom. The number of aromatic amines is 1. The van der Waals surface area contributed by atoms with E-state index in [4.69, 9.17) is 27.1 Å². The topological polar surface area (TPSA) is 466 Å². The number of aliphatic hydroxyl groups is 1. The van der Waals surface area contributed by atoms with Gasteiger partial charge in [0, 0.05) is 55.2 Å². The lowest BCUT2D eigenvalue weighted by molar-refractivity contribution is -0.173. The average Bonchev–Trinajstić information content (AvgIpc) is 3.84. The molecule has 7 unspecified atom stereocenters. The molecule has 1 aromatic heterocycles. The molecule has 82 heavy (non-hydrogen) atoms. The van der Waals surface area contributed by atoms with Gasteiger partial charge in [0.15, 0.2) is 5.78 Å². The van der Waals surface area contributed by atoms with Crippen LogP contribution in [0.3, 0.4) is 0 Å². The molecule has 0 bridgehead atoms. The average molecular weight is 1300 g/mol. The summed E-state index contributed by atoms with van der Waals surface area (Å²) >= 11 is 0. The number of ketones is 1. The number of hydrogen-bond donors (Lipinski definition) is 10. The van der Waals surface area contributed by atoms with Crippen molar-refractivity contribution in [2.45, 2.75) is 115 Å². The van der Waals surface area contributed by atoms with Gasteiger partial charge in [-0.2, -0.15) is 34.7 Å². The normalized spacial score (nSPS) is 19.8. The number of carbonyl (C=O) groups is 3. The minimum atomic E-state index is -6.54. The maximum absolute atomic E-state index is 13.2. The number of aliphatic hydroxyl groups excluding tert-OH is 1. The molecule has 0 saturated carbocycles. The highest BCUT2D eigenvalue weighted by atomic mass is 31.3. The first-order valence-electron chi connectivity index (χ1n) is 23.9. The van der Waals surface area contributed by atoms with Crippen molar-refractivity contribution in [3.8, 4) is 36.2 Å². The van der Waals surface area contributed by atoms with Crippen LogP contribution >= 0.6 is 46.9 Å². The van der Waals surface area contributed by atoms with Gasteiger partial charge in [0.25, 0.3) is 5.56 Å². The molecular formula is C41H59F3N4O28P6. The van der Waals surface area contributed by atoms with E-state index in [0.717, 1.165) is 10.8 Å². The van der Waals surface area contributed by atoms with Crippen LogP contribution in [0.2, 0.25) is 0 Å². The lowest BCUT2D eigenvalue weighted by Gasteiger charge is -2.21. The summed E-state index contributed by atoms with van der Waals surface area (Å²) in [6, 6.07) is 2.87. The molecule has 462 valence electrons. The molecule has 1 aliphatic rings. The van der Waals surface area contributed by atoms with Gasteiger partial charge in [-0.25, -0.2) is 32.2 Å². The van der Waals surface area contributed by atoms with Gasteiger partial charge >= 0.3 is 64.7 Å². The van der Waals surface area contributed by atoms with E-state index in [9.17, 15) is 99.0 Å². The van der Waals surface area contributed by atoms with Crippen molar-refractivity contribution < 1.29 is 134 Å². The monoisotopic (exact) mass is 1300 g/mol. The first-order valence-corrected chi connectivity index (χ1v) is 32.9. The Bertz CT molecular complexity index is 3020. The summed E-state index contributed by atoms with van der Waals surface area (Å²) in [5, 5.41) is 14.8. The summed E-state index contributed by atoms with van der Waals surface area (Å²) in [6.45, 7) is -0.923. The fourth-order valence-corrected chi connectivity index (χ4v) is 14.8. The highest BCUT2D eigenvalue weighted by Crippen LogP contribution is 2.75. The third-order valence-corrected chi connectivity index (χ3v) is 19.8. The van der Waals surface area contributed by atoms with Crippen LogP contribution in [-0.4, -0.2) is 120 Å². The number of amides is 2. The molecule has 0 spiro atoms. The number of alkyl halides is 3. The smallest absolute Gasteiger partial charge is 0.481 e. The first kappa shape index (κ1) is 72.1. The van der Waals surface area contributed by atoms with E-state index in [1.54, 1.807) is 5.32 Å². The van der Waals surface area contributed by atoms with Crippen LogP contribution in [0.15, 0.2) is 27.9 Å². The molecule has 1 aromatic carbocycles. The number of nitrogens with zero attached hydrogens (tertiary/aromatic N) is 1. The van der Waals surface area contributed by atoms with Gasteiger partial charge in [0.05, 0.1) is 19.3 Å². The van der Waals surface area contributed by atoms with Crippen LogP contribution in [0.4, 0.5) is 13.2 Å². The number of unbranched alkanes of at least 4 members (excludes halogenated alkanes) is 6. The molecule has 9 atom stereocenters. The number of carbonyl (C=O) groups excluding carboxylic acids is 3. The highest BCUT2D eigenvalue weighted by molar-refractivity contribution is 7.72. The van der Waals surface area contributed by atoms with Gasteiger partial charge in [0.2, 0.25) is 5.91 Å². The Hall–Kier alpha value is -4.20. The van der Waals surface area contributed by atoms with Crippen LogP contribution < -0.4 is 31.4 Å². The van der Waals surface area contributed by atoms with E-state index in [0.29, 0.717) is 50.5 Å². The van der Waals surface area contributed by atoms with Gasteiger partial charge in [-0.05, 0) is 57.6 Å². The van der Waals surface area contributed by atoms with Crippen LogP contribution in [0, 0.1) is 31.6 Å². The zero-order valence-corrected chi connectivity index (χ0v) is 48.4. The summed E-state index contributed by atoms with van der Waals surface area (Å²) in [4.78, 5) is 121. The summed E-state index contributed by atoms with van der Waals surface area (Å²) in [6.07, 6.45) is 5.65. The number of nitrogens with one attached hydrogen (secondary N) is 3. The number of phosphoric acid groups is 6. The summed E-state index contributed by atoms with van der Waals surface area (Å²) in [7, 11) is -37.2. The number of Topliss-reactive ketones (excluding diaryl/α,β-unsaturated/α-hetero) is 1. The predicted octanol–water partition coefficient (Wildman–Crippen LogP) is 4.75. The number of aryl methyl sites for hydroxylation is 1. The predicted molar refractivity (Wildman–Crippen MR) is 273 cm³/mol. The largest absolute Gasteiger partial charge is 0.490 e. The SMILES string of the molecule is C#CCOc1cc(C(=O)CCCCCCC(=O)NCCCCCCOP(=O)(O)OP(=O)(O)OP(=O)(O)OP(=O)(O)OP(=O)(O)OP(=O)(O)OC[C@H]2O[C@@H](n3cc(C)c(=O)[nH]c3=O)CC2O)cc(OCC#C)c1CCCNC(=O)C(F)(F)F. The Labute approximate surface area is 464 Å². The number of phosphoric ester groups is 2. The Balaban J connectivity index is 1.32. The van der Waals surface area contributed by atoms with Crippen molar-refractivity contribution in [2.75, 3.05) is 39.5 Å². The van der Waals surface area contributed by atoms with Crippen molar-refractivity contribution in [3.63, 3.8) is 0 Å². The number of halogens is 3. The van der Waals surface area contributed by atoms with Crippen molar-refractivity contribution >= 4 is 64.5 Å². The van der Waals surface area contributed by atoms with E-state index >= 15 is 0 Å². The summed E-state index contributed by atoms with van der Waals surface area (Å²) < 4.78 is 156. The number of hydrogen-bond acceptors (Lipinski definition) is 22. The molecule has 2 heterocycles. The second kappa shape index (κ2) is 32.3. The van der Waals surface area contributed by atoms with Crippen molar-refractivity contribution in [3.05, 3.63) is 55.9 Å². The number of rotatable bonds is 38. The minimum absolute atomic E-state index is 0.00554. The van der Waals surface area contributed by atoms with Gasteiger partial charge in [-0.1, -0.05) is 37.5 Å². The van der Waals surface area contributed by atoms with Crippen LogP contribution in [0.25, 0.3) is 0 Å². The van der Waals surface area contributed by atoms with Crippen molar-refractivity contribution in [1.29, 1.82) is 0 Å². The molecule has 32 nitrogen and oxygen atoms in total. The maximum atomic E-state index is 13.2. The fraction of sp³-hybridized carbons (Fsp3) is 0.585. The molecule has 41 heteroatoms. The molecule has 10 N–H and O–H groups in total. The van der Waals surface area contributed by atoms with Gasteiger partial charge in [0.1, 0.15) is 37.0 Å². The molecule has 2 aromatic rings. The number of H-pyrrole nitrogens is 1. The summed E-state index contributed by atoms with van der Waals surface area (Å²) in [5.74, 6) is 2.22. The maximum Gasteiger partial charge on any atom is 0.490 e. The first-order chi connectivity index (χ1) is 38.0. The molecule has 1 saturated heterocycles. The summed E-state index contributed by atoms with van der Waals surface area (Å²) in [5.41, 5.74) is -1.03. The van der Waals surface area contributed by atoms with E-state index in [-0.39, 0.29) is 99.1 Å². The van der Waals surface area contributed by atoms with Gasteiger partial charge < -0.3 is 59.3 Å². The Morgan fingerprint density at radius 2 is 1.21 bits per heavy atom. The quantitative estimate of drug-likeness (QED) is 0.0188. The molecule has 2 amide bonds. The molecule has 1 aliphatic heterocycles. The van der Waals surface area contributed by atoms with Gasteiger partial charge in [-0.3, -0.25) is 37.8 Å². The number of benzene rings is 1. The zero-order valence-electron chi connectivity index (χ0n) is 43.0. The number of aromatic nitrogens is 2.